The standard InChI is InChI=1S/C28H22N2O4S2/c1-16-7-11-19(12-8-16)30-26(31)22-21(23-25(29-28(33)36-23)35-24(22)27(30)32)18-9-13-20(14-10-18)34-15-17-5-3-2-4-6-17/h2-14,21-22,24H,15H2,1H3,(H,29,33)/t21-,22?,24?/m1/s1. The van der Waals surface area contributed by atoms with E-state index >= 15 is 0 Å². The minimum Gasteiger partial charge on any atom is -0.489 e. The topological polar surface area (TPSA) is 79.5 Å². The first kappa shape index (κ1) is 22.8. The summed E-state index contributed by atoms with van der Waals surface area (Å²) in [6.45, 7) is 2.41. The van der Waals surface area contributed by atoms with E-state index < -0.39 is 17.1 Å². The molecule has 6 nitrogen and oxygen atoms in total. The first-order valence-corrected chi connectivity index (χ1v) is 13.3. The number of nitrogens with one attached hydrogen (secondary N) is 1. The van der Waals surface area contributed by atoms with Crippen LogP contribution in [0, 0.1) is 12.8 Å². The number of thiazole rings is 1. The van der Waals surface area contributed by atoms with E-state index in [1.54, 1.807) is 12.1 Å². The van der Waals surface area contributed by atoms with Crippen LogP contribution in [-0.4, -0.2) is 22.0 Å². The number of nitrogens with zero attached hydrogens (tertiary/aromatic N) is 1. The molecule has 0 aliphatic carbocycles. The average Bonchev–Trinajstić information content (AvgIpc) is 3.39. The number of amides is 2. The third kappa shape index (κ3) is 3.96. The summed E-state index contributed by atoms with van der Waals surface area (Å²) in [7, 11) is 0. The van der Waals surface area contributed by atoms with Gasteiger partial charge < -0.3 is 9.72 Å². The van der Waals surface area contributed by atoms with Gasteiger partial charge in [-0.2, -0.15) is 0 Å². The molecule has 1 fully saturated rings. The van der Waals surface area contributed by atoms with Gasteiger partial charge in [-0.15, -0.1) is 0 Å². The Morgan fingerprint density at radius 3 is 2.33 bits per heavy atom. The molecule has 1 saturated heterocycles. The number of hydrogen-bond donors (Lipinski definition) is 1. The summed E-state index contributed by atoms with van der Waals surface area (Å²) in [6, 6.07) is 24.9. The van der Waals surface area contributed by atoms with E-state index in [-0.39, 0.29) is 16.7 Å². The number of carbonyl (C=O) groups is 2. The number of aromatic nitrogens is 1. The van der Waals surface area contributed by atoms with E-state index in [0.717, 1.165) is 32.9 Å². The normalized spacial score (nSPS) is 20.8. The van der Waals surface area contributed by atoms with Crippen molar-refractivity contribution in [2.45, 2.75) is 29.7 Å². The molecule has 180 valence electrons. The fourth-order valence-electron chi connectivity index (χ4n) is 4.84. The second kappa shape index (κ2) is 9.11. The highest BCUT2D eigenvalue weighted by atomic mass is 32.2. The van der Waals surface area contributed by atoms with Gasteiger partial charge in [0.1, 0.15) is 17.6 Å². The molecule has 6 rings (SSSR count). The van der Waals surface area contributed by atoms with Crippen molar-refractivity contribution in [1.29, 1.82) is 0 Å². The lowest BCUT2D eigenvalue weighted by molar-refractivity contribution is -0.122. The molecule has 1 aromatic heterocycles. The van der Waals surface area contributed by atoms with Gasteiger partial charge in [0.25, 0.3) is 0 Å². The number of thioether (sulfide) groups is 1. The largest absolute Gasteiger partial charge is 0.489 e. The van der Waals surface area contributed by atoms with Crippen molar-refractivity contribution in [3.05, 3.63) is 110 Å². The zero-order valence-corrected chi connectivity index (χ0v) is 21.0. The second-order valence-corrected chi connectivity index (χ2v) is 11.1. The third-order valence-electron chi connectivity index (χ3n) is 6.60. The second-order valence-electron chi connectivity index (χ2n) is 8.94. The predicted molar refractivity (Wildman–Crippen MR) is 141 cm³/mol. The van der Waals surface area contributed by atoms with Crippen molar-refractivity contribution in [1.82, 2.24) is 4.98 Å². The van der Waals surface area contributed by atoms with Crippen molar-refractivity contribution < 1.29 is 14.3 Å². The molecule has 3 aromatic carbocycles. The molecule has 2 aliphatic rings. The van der Waals surface area contributed by atoms with Crippen LogP contribution in [0.1, 0.15) is 27.5 Å². The van der Waals surface area contributed by atoms with Crippen LogP contribution in [-0.2, 0) is 16.2 Å². The van der Waals surface area contributed by atoms with Gasteiger partial charge in [-0.25, -0.2) is 4.90 Å². The third-order valence-corrected chi connectivity index (χ3v) is 9.00. The Bertz CT molecular complexity index is 1490. The summed E-state index contributed by atoms with van der Waals surface area (Å²) < 4.78 is 5.93. The number of rotatable bonds is 5. The van der Waals surface area contributed by atoms with Gasteiger partial charge in [-0.1, -0.05) is 83.3 Å². The maximum absolute atomic E-state index is 13.7. The number of fused-ring (bicyclic) bond motifs is 2. The summed E-state index contributed by atoms with van der Waals surface area (Å²) in [6.07, 6.45) is 0. The minimum atomic E-state index is -0.601. The lowest BCUT2D eigenvalue weighted by Crippen LogP contribution is -2.32. The van der Waals surface area contributed by atoms with E-state index in [2.05, 4.69) is 4.98 Å². The quantitative estimate of drug-likeness (QED) is 0.374. The SMILES string of the molecule is Cc1ccc(N2C(=O)C3Sc4[nH]c(=O)sc4[C@H](c4ccc(OCc5ccccc5)cc4)C3C2=O)cc1. The summed E-state index contributed by atoms with van der Waals surface area (Å²) in [5.74, 6) is -0.766. The van der Waals surface area contributed by atoms with Crippen molar-refractivity contribution in [3.8, 4) is 5.75 Å². The maximum Gasteiger partial charge on any atom is 0.305 e. The van der Waals surface area contributed by atoms with E-state index in [0.29, 0.717) is 23.1 Å². The van der Waals surface area contributed by atoms with Gasteiger partial charge in [0.15, 0.2) is 0 Å². The van der Waals surface area contributed by atoms with Crippen LogP contribution in [0.2, 0.25) is 0 Å². The Balaban J connectivity index is 1.34. The number of carbonyl (C=O) groups excluding carboxylic acids is 2. The van der Waals surface area contributed by atoms with Crippen LogP contribution in [0.25, 0.3) is 0 Å². The smallest absolute Gasteiger partial charge is 0.305 e. The predicted octanol–water partition coefficient (Wildman–Crippen LogP) is 5.12. The van der Waals surface area contributed by atoms with Crippen molar-refractivity contribution in [2.75, 3.05) is 4.90 Å². The summed E-state index contributed by atoms with van der Waals surface area (Å²) in [5, 5.41) is 0.0723. The molecule has 2 amide bonds. The van der Waals surface area contributed by atoms with Crippen LogP contribution in [0.3, 0.4) is 0 Å². The summed E-state index contributed by atoms with van der Waals surface area (Å²) >= 11 is 2.40. The highest BCUT2D eigenvalue weighted by Crippen LogP contribution is 2.53. The van der Waals surface area contributed by atoms with E-state index in [4.69, 9.17) is 4.74 Å². The van der Waals surface area contributed by atoms with Gasteiger partial charge in [0.2, 0.25) is 11.8 Å². The number of benzene rings is 3. The monoisotopic (exact) mass is 514 g/mol. The fraction of sp³-hybridized carbons (Fsp3) is 0.179. The minimum absolute atomic E-state index is 0.185. The number of aryl methyl sites for hydroxylation is 1. The van der Waals surface area contributed by atoms with Crippen LogP contribution in [0.4, 0.5) is 5.69 Å². The number of anilines is 1. The Morgan fingerprint density at radius 2 is 1.61 bits per heavy atom. The highest BCUT2D eigenvalue weighted by molar-refractivity contribution is 8.00. The molecular formula is C28H22N2O4S2. The molecule has 1 N–H and O–H groups in total. The van der Waals surface area contributed by atoms with Crippen molar-refractivity contribution in [3.63, 3.8) is 0 Å². The maximum atomic E-state index is 13.7. The first-order valence-electron chi connectivity index (χ1n) is 11.6. The molecule has 0 saturated carbocycles. The number of H-pyrrole nitrogens is 1. The number of ether oxygens (including phenoxy) is 1. The molecule has 0 radical (unpaired) electrons. The molecule has 4 aromatic rings. The molecule has 0 bridgehead atoms. The van der Waals surface area contributed by atoms with Gasteiger partial charge in [-0.05, 0) is 42.3 Å². The zero-order chi connectivity index (χ0) is 24.8. The first-order chi connectivity index (χ1) is 17.5. The molecule has 2 aliphatic heterocycles. The lowest BCUT2D eigenvalue weighted by Gasteiger charge is -2.29. The Kier molecular flexibility index (Phi) is 5.78. The van der Waals surface area contributed by atoms with E-state index in [1.807, 2.05) is 73.7 Å². The van der Waals surface area contributed by atoms with Gasteiger partial charge in [0, 0.05) is 10.8 Å². The highest BCUT2D eigenvalue weighted by Gasteiger charge is 2.56. The Hall–Kier alpha value is -3.62. The van der Waals surface area contributed by atoms with Crippen LogP contribution in [0.5, 0.6) is 5.75 Å². The van der Waals surface area contributed by atoms with Crippen LogP contribution in [0.15, 0.2) is 88.7 Å². The molecule has 8 heteroatoms. The Labute approximate surface area is 215 Å². The van der Waals surface area contributed by atoms with Gasteiger partial charge in [0.05, 0.1) is 16.6 Å². The number of imide groups is 1. The zero-order valence-electron chi connectivity index (χ0n) is 19.3. The molecule has 2 unspecified atom stereocenters. The van der Waals surface area contributed by atoms with Crippen molar-refractivity contribution in [2.24, 2.45) is 5.92 Å². The molecule has 36 heavy (non-hydrogen) atoms. The number of hydrogen-bond acceptors (Lipinski definition) is 6. The van der Waals surface area contributed by atoms with Crippen molar-refractivity contribution >= 4 is 40.6 Å². The molecule has 3 heterocycles. The van der Waals surface area contributed by atoms with Gasteiger partial charge >= 0.3 is 4.87 Å². The summed E-state index contributed by atoms with van der Waals surface area (Å²) in [5.41, 5.74) is 3.57. The molecule has 0 spiro atoms. The fourth-order valence-corrected chi connectivity index (χ4v) is 7.35. The number of aromatic amines is 1. The van der Waals surface area contributed by atoms with E-state index in [1.165, 1.54) is 16.7 Å². The summed E-state index contributed by atoms with van der Waals surface area (Å²) in [4.78, 5) is 44.3. The lowest BCUT2D eigenvalue weighted by atomic mass is 9.83. The van der Waals surface area contributed by atoms with E-state index in [9.17, 15) is 14.4 Å². The molecule has 3 atom stereocenters. The molecular weight excluding hydrogens is 492 g/mol. The average molecular weight is 515 g/mol. The Morgan fingerprint density at radius 1 is 0.889 bits per heavy atom. The van der Waals surface area contributed by atoms with Gasteiger partial charge in [-0.3, -0.25) is 14.4 Å². The van der Waals surface area contributed by atoms with Crippen LogP contribution < -0.4 is 14.5 Å². The van der Waals surface area contributed by atoms with Crippen LogP contribution >= 0.6 is 23.1 Å².